The molecule has 0 bridgehead atoms. The summed E-state index contributed by atoms with van der Waals surface area (Å²) in [7, 11) is 0. The van der Waals surface area contributed by atoms with Crippen molar-refractivity contribution in [3.63, 3.8) is 0 Å². The smallest absolute Gasteiger partial charge is 0.270 e. The summed E-state index contributed by atoms with van der Waals surface area (Å²) < 4.78 is 0. The Bertz CT molecular complexity index is 2300. The number of nitro groups is 2. The van der Waals surface area contributed by atoms with Gasteiger partial charge in [-0.15, -0.1) is 0 Å². The summed E-state index contributed by atoms with van der Waals surface area (Å²) in [5.41, 5.74) is 5.55. The van der Waals surface area contributed by atoms with E-state index in [1.54, 1.807) is 6.07 Å². The fraction of sp³-hybridized carbons (Fsp3) is 0. The molecule has 8 rings (SSSR count). The number of non-ortho nitro benzene ring substituents is 2. The molecule has 8 nitrogen and oxygen atoms in total. The maximum Gasteiger partial charge on any atom is 0.270 e. The lowest BCUT2D eigenvalue weighted by Gasteiger charge is -2.23. The molecular formula is C34H16N2O6. The molecular weight excluding hydrogens is 532 g/mol. The summed E-state index contributed by atoms with van der Waals surface area (Å²) >= 11 is 0. The van der Waals surface area contributed by atoms with E-state index in [1.165, 1.54) is 24.3 Å². The number of fused-ring (bicyclic) bond motifs is 4. The zero-order valence-electron chi connectivity index (χ0n) is 21.6. The van der Waals surface area contributed by atoms with E-state index in [9.17, 15) is 29.8 Å². The third-order valence-electron chi connectivity index (χ3n) is 8.25. The number of carbonyl (C=O) groups is 2. The molecule has 0 radical (unpaired) electrons. The maximum absolute atomic E-state index is 13.5. The second-order valence-corrected chi connectivity index (χ2v) is 10.5. The molecule has 198 valence electrons. The summed E-state index contributed by atoms with van der Waals surface area (Å²) in [6, 6.07) is 27.7. The van der Waals surface area contributed by atoms with Crippen LogP contribution in [-0.4, -0.2) is 21.4 Å². The Hall–Kier alpha value is -6.02. The van der Waals surface area contributed by atoms with Gasteiger partial charge in [-0.25, -0.2) is 0 Å². The number of benzene rings is 6. The minimum atomic E-state index is -0.569. The maximum atomic E-state index is 13.5. The molecule has 42 heavy (non-hydrogen) atoms. The lowest BCUT2D eigenvalue weighted by molar-refractivity contribution is -0.384. The second-order valence-electron chi connectivity index (χ2n) is 10.5. The third kappa shape index (κ3) is 3.17. The van der Waals surface area contributed by atoms with Gasteiger partial charge in [0.15, 0.2) is 11.6 Å². The standard InChI is InChI=1S/C34H16N2O6/c37-33-25-6-2-1-5-23(25)27-13-18(10-17-4-3-7-26(33)31(17)27)19-11-20-12-22(36(41)42)16-30-32(20)28(14-19)24-9-8-21(35(39)40)15-29(24)34(30)38/h1-16H. The van der Waals surface area contributed by atoms with Crippen LogP contribution in [0.4, 0.5) is 11.4 Å². The van der Waals surface area contributed by atoms with E-state index < -0.39 is 15.6 Å². The van der Waals surface area contributed by atoms with Crippen molar-refractivity contribution in [1.29, 1.82) is 0 Å². The molecule has 0 aliphatic heterocycles. The van der Waals surface area contributed by atoms with Crippen LogP contribution in [0.2, 0.25) is 0 Å². The number of hydrogen-bond donors (Lipinski definition) is 0. The Balaban J connectivity index is 1.46. The van der Waals surface area contributed by atoms with Crippen LogP contribution in [0, 0.1) is 20.2 Å². The van der Waals surface area contributed by atoms with Crippen molar-refractivity contribution in [3.8, 4) is 33.4 Å². The minimum Gasteiger partial charge on any atom is -0.289 e. The topological polar surface area (TPSA) is 120 Å². The predicted molar refractivity (Wildman–Crippen MR) is 158 cm³/mol. The average molecular weight is 549 g/mol. The first-order valence-corrected chi connectivity index (χ1v) is 13.1. The summed E-state index contributed by atoms with van der Waals surface area (Å²) in [5, 5.41) is 26.2. The van der Waals surface area contributed by atoms with Crippen LogP contribution in [-0.2, 0) is 0 Å². The van der Waals surface area contributed by atoms with Crippen molar-refractivity contribution in [2.24, 2.45) is 0 Å². The molecule has 0 unspecified atom stereocenters. The molecule has 0 heterocycles. The monoisotopic (exact) mass is 548 g/mol. The Kier molecular flexibility index (Phi) is 4.68. The van der Waals surface area contributed by atoms with Gasteiger partial charge in [0.1, 0.15) is 0 Å². The highest BCUT2D eigenvalue weighted by Crippen LogP contribution is 2.46. The van der Waals surface area contributed by atoms with Crippen molar-refractivity contribution in [3.05, 3.63) is 140 Å². The molecule has 0 atom stereocenters. The lowest BCUT2D eigenvalue weighted by Crippen LogP contribution is -2.11. The summed E-state index contributed by atoms with van der Waals surface area (Å²) in [4.78, 5) is 49.1. The van der Waals surface area contributed by atoms with Gasteiger partial charge in [0, 0.05) is 57.3 Å². The van der Waals surface area contributed by atoms with Crippen LogP contribution < -0.4 is 0 Å². The van der Waals surface area contributed by atoms with Crippen molar-refractivity contribution in [1.82, 2.24) is 0 Å². The van der Waals surface area contributed by atoms with Crippen LogP contribution in [0.1, 0.15) is 31.8 Å². The molecule has 8 heteroatoms. The number of ketones is 2. The zero-order chi connectivity index (χ0) is 28.9. The van der Waals surface area contributed by atoms with E-state index in [-0.39, 0.29) is 28.3 Å². The Labute approximate surface area is 236 Å². The first-order valence-electron chi connectivity index (χ1n) is 13.1. The summed E-state index contributed by atoms with van der Waals surface area (Å²) in [5.74, 6) is -0.520. The van der Waals surface area contributed by atoms with Gasteiger partial charge in [0.2, 0.25) is 0 Å². The van der Waals surface area contributed by atoms with Crippen LogP contribution in [0.3, 0.4) is 0 Å². The van der Waals surface area contributed by atoms with E-state index in [0.29, 0.717) is 33.0 Å². The van der Waals surface area contributed by atoms with Crippen LogP contribution in [0.5, 0.6) is 0 Å². The first kappa shape index (κ1) is 23.8. The number of nitrogens with zero attached hydrogens (tertiary/aromatic N) is 2. The van der Waals surface area contributed by atoms with Crippen molar-refractivity contribution >= 4 is 44.5 Å². The SMILES string of the molecule is O=C1c2ccccc2-c2cc(-c3cc4c5c(cc([N+](=O)[O-])cc5c3)C(=O)c3cc([N+](=O)[O-])ccc3-4)cc3cccc1c23. The third-order valence-corrected chi connectivity index (χ3v) is 8.25. The molecule has 0 fully saturated rings. The van der Waals surface area contributed by atoms with Gasteiger partial charge >= 0.3 is 0 Å². The van der Waals surface area contributed by atoms with Crippen molar-refractivity contribution in [2.45, 2.75) is 0 Å². The Morgan fingerprint density at radius 3 is 1.71 bits per heavy atom. The Morgan fingerprint density at radius 2 is 1.00 bits per heavy atom. The zero-order valence-corrected chi connectivity index (χ0v) is 21.6. The fourth-order valence-electron chi connectivity index (χ4n) is 6.43. The summed E-state index contributed by atoms with van der Waals surface area (Å²) in [6.45, 7) is 0. The average Bonchev–Trinajstić information content (AvgIpc) is 3.01. The van der Waals surface area contributed by atoms with Crippen LogP contribution >= 0.6 is 0 Å². The first-order chi connectivity index (χ1) is 20.3. The highest BCUT2D eigenvalue weighted by molar-refractivity contribution is 6.28. The molecule has 0 saturated heterocycles. The molecule has 2 aliphatic carbocycles. The van der Waals surface area contributed by atoms with E-state index in [4.69, 9.17) is 0 Å². The van der Waals surface area contributed by atoms with Gasteiger partial charge < -0.3 is 0 Å². The number of rotatable bonds is 3. The molecule has 6 aromatic carbocycles. The van der Waals surface area contributed by atoms with E-state index in [0.717, 1.165) is 33.0 Å². The van der Waals surface area contributed by atoms with Crippen molar-refractivity contribution in [2.75, 3.05) is 0 Å². The van der Waals surface area contributed by atoms with Crippen LogP contribution in [0.15, 0.2) is 97.1 Å². The molecule has 0 spiro atoms. The Morgan fingerprint density at radius 1 is 0.429 bits per heavy atom. The van der Waals surface area contributed by atoms with Gasteiger partial charge in [-0.1, -0.05) is 42.5 Å². The van der Waals surface area contributed by atoms with Crippen LogP contribution in [0.25, 0.3) is 54.9 Å². The van der Waals surface area contributed by atoms with E-state index >= 15 is 0 Å². The molecule has 0 amide bonds. The van der Waals surface area contributed by atoms with Gasteiger partial charge in [-0.05, 0) is 74.5 Å². The van der Waals surface area contributed by atoms with Crippen molar-refractivity contribution < 1.29 is 19.4 Å². The largest absolute Gasteiger partial charge is 0.289 e. The normalized spacial score (nSPS) is 12.8. The lowest BCUT2D eigenvalue weighted by atomic mass is 9.79. The highest BCUT2D eigenvalue weighted by atomic mass is 16.6. The number of nitro benzene ring substituents is 2. The second kappa shape index (κ2) is 8.25. The van der Waals surface area contributed by atoms with E-state index in [1.807, 2.05) is 66.7 Å². The molecule has 6 aromatic rings. The van der Waals surface area contributed by atoms with Gasteiger partial charge in [-0.2, -0.15) is 0 Å². The quantitative estimate of drug-likeness (QED) is 0.163. The molecule has 0 N–H and O–H groups in total. The molecule has 0 saturated carbocycles. The summed E-state index contributed by atoms with van der Waals surface area (Å²) in [6.07, 6.45) is 0. The fourth-order valence-corrected chi connectivity index (χ4v) is 6.43. The number of hydrogen-bond acceptors (Lipinski definition) is 6. The number of carbonyl (C=O) groups excluding carboxylic acids is 2. The van der Waals surface area contributed by atoms with Gasteiger partial charge in [0.05, 0.1) is 9.85 Å². The van der Waals surface area contributed by atoms with Gasteiger partial charge in [-0.3, -0.25) is 29.8 Å². The molecule has 2 aliphatic rings. The van der Waals surface area contributed by atoms with Gasteiger partial charge in [0.25, 0.3) is 11.4 Å². The highest BCUT2D eigenvalue weighted by Gasteiger charge is 2.31. The van der Waals surface area contributed by atoms with E-state index in [2.05, 4.69) is 0 Å². The minimum absolute atomic E-state index is 0.0261. The molecule has 0 aromatic heterocycles. The predicted octanol–water partition coefficient (Wildman–Crippen LogP) is 7.90.